The van der Waals surface area contributed by atoms with E-state index >= 15 is 0 Å². The lowest BCUT2D eigenvalue weighted by Gasteiger charge is -2.20. The second-order valence-electron chi connectivity index (χ2n) is 7.28. The Morgan fingerprint density at radius 1 is 1.25 bits per heavy atom. The minimum atomic E-state index is 0.566. The lowest BCUT2D eigenvalue weighted by molar-refractivity contribution is 0.273. The molecule has 1 aliphatic heterocycles. The first-order chi connectivity index (χ1) is 11.8. The van der Waals surface area contributed by atoms with Crippen molar-refractivity contribution in [2.75, 3.05) is 19.6 Å². The third kappa shape index (κ3) is 3.31. The Balaban J connectivity index is 1.33. The molecule has 0 radical (unpaired) electrons. The molecule has 1 N–H and O–H groups in total. The lowest BCUT2D eigenvalue weighted by Crippen LogP contribution is -2.34. The van der Waals surface area contributed by atoms with E-state index in [0.717, 1.165) is 30.3 Å². The summed E-state index contributed by atoms with van der Waals surface area (Å²) in [5.74, 6) is 0.937. The van der Waals surface area contributed by atoms with Crippen LogP contribution >= 0.6 is 0 Å². The number of hydrogen-bond acceptors (Lipinski definition) is 4. The summed E-state index contributed by atoms with van der Waals surface area (Å²) in [6, 6.07) is 6.48. The van der Waals surface area contributed by atoms with Gasteiger partial charge in [0.1, 0.15) is 11.7 Å². The molecule has 3 heterocycles. The molecular weight excluding hydrogens is 298 g/mol. The number of likely N-dealkylation sites (tertiary alicyclic amines) is 1. The zero-order valence-electron chi connectivity index (χ0n) is 14.1. The van der Waals surface area contributed by atoms with E-state index in [4.69, 9.17) is 5.26 Å². The summed E-state index contributed by atoms with van der Waals surface area (Å²) >= 11 is 0. The molecular formula is C19H25N5. The van der Waals surface area contributed by atoms with Gasteiger partial charge in [0, 0.05) is 31.9 Å². The van der Waals surface area contributed by atoms with Gasteiger partial charge in [0.25, 0.3) is 0 Å². The fraction of sp³-hybridized carbons (Fsp3) is 0.579. The van der Waals surface area contributed by atoms with Gasteiger partial charge in [0.15, 0.2) is 0 Å². The monoisotopic (exact) mass is 323 g/mol. The van der Waals surface area contributed by atoms with Gasteiger partial charge in [0.2, 0.25) is 0 Å². The largest absolute Gasteiger partial charge is 0.307 e. The molecule has 1 saturated carbocycles. The van der Waals surface area contributed by atoms with E-state index in [9.17, 15) is 0 Å². The molecule has 24 heavy (non-hydrogen) atoms. The number of imidazole rings is 1. The molecule has 1 saturated heterocycles. The molecule has 1 atom stereocenters. The summed E-state index contributed by atoms with van der Waals surface area (Å²) in [6.07, 6.45) is 10.7. The lowest BCUT2D eigenvalue weighted by atomic mass is 10.1. The van der Waals surface area contributed by atoms with Gasteiger partial charge in [0.05, 0.1) is 17.5 Å². The van der Waals surface area contributed by atoms with Crippen LogP contribution in [0.5, 0.6) is 0 Å². The van der Waals surface area contributed by atoms with Crippen molar-refractivity contribution in [3.05, 3.63) is 35.8 Å². The smallest absolute Gasteiger partial charge is 0.137 e. The topological polar surface area (TPSA) is 56.4 Å². The average molecular weight is 323 g/mol. The number of fused-ring (bicyclic) bond motifs is 1. The minimum Gasteiger partial charge on any atom is -0.307 e. The van der Waals surface area contributed by atoms with Crippen LogP contribution in [0.15, 0.2) is 24.5 Å². The summed E-state index contributed by atoms with van der Waals surface area (Å²) in [5.41, 5.74) is 2.70. The number of rotatable bonds is 5. The standard InChI is InChI=1S/C19H25N5/c20-9-16-5-6-19-22-11-18(24(19)13-16)10-21-17-7-8-23(14-17)12-15-3-1-2-4-15/h5-6,11,13,15,17,21H,1-4,7-8,10,12,14H2/t17-/m0/s1. The number of nitrogens with one attached hydrogen (secondary N) is 1. The summed E-state index contributed by atoms with van der Waals surface area (Å²) in [4.78, 5) is 7.06. The molecule has 0 bridgehead atoms. The summed E-state index contributed by atoms with van der Waals surface area (Å²) in [6.45, 7) is 4.48. The van der Waals surface area contributed by atoms with Gasteiger partial charge >= 0.3 is 0 Å². The first-order valence-electron chi connectivity index (χ1n) is 9.13. The number of hydrogen-bond donors (Lipinski definition) is 1. The summed E-state index contributed by atoms with van der Waals surface area (Å²) in [5, 5.41) is 12.8. The van der Waals surface area contributed by atoms with Crippen molar-refractivity contribution in [1.82, 2.24) is 19.6 Å². The molecule has 0 amide bonds. The summed E-state index contributed by atoms with van der Waals surface area (Å²) in [7, 11) is 0. The normalized spacial score (nSPS) is 22.4. The van der Waals surface area contributed by atoms with Gasteiger partial charge in [-0.25, -0.2) is 4.98 Å². The van der Waals surface area contributed by atoms with Crippen LogP contribution in [0.2, 0.25) is 0 Å². The number of nitriles is 1. The van der Waals surface area contributed by atoms with Crippen LogP contribution < -0.4 is 5.32 Å². The van der Waals surface area contributed by atoms with Crippen LogP contribution in [0, 0.1) is 17.2 Å². The SMILES string of the molecule is N#Cc1ccc2ncc(CN[C@H]3CCN(CC4CCCC4)C3)n2c1. The highest BCUT2D eigenvalue weighted by atomic mass is 15.2. The van der Waals surface area contributed by atoms with Crippen molar-refractivity contribution >= 4 is 5.65 Å². The number of aromatic nitrogens is 2. The van der Waals surface area contributed by atoms with Crippen LogP contribution in [-0.4, -0.2) is 40.0 Å². The van der Waals surface area contributed by atoms with Crippen LogP contribution in [0.1, 0.15) is 43.4 Å². The Kier molecular flexibility index (Phi) is 4.50. The maximum absolute atomic E-state index is 9.07. The van der Waals surface area contributed by atoms with E-state index in [0.29, 0.717) is 11.6 Å². The van der Waals surface area contributed by atoms with Crippen LogP contribution in [0.4, 0.5) is 0 Å². The molecule has 1 aliphatic carbocycles. The van der Waals surface area contributed by atoms with Crippen molar-refractivity contribution in [2.45, 2.75) is 44.7 Å². The second kappa shape index (κ2) is 6.92. The number of pyridine rings is 1. The van der Waals surface area contributed by atoms with Gasteiger partial charge in [-0.1, -0.05) is 12.8 Å². The highest BCUT2D eigenvalue weighted by Crippen LogP contribution is 2.26. The Morgan fingerprint density at radius 2 is 2.12 bits per heavy atom. The fourth-order valence-corrected chi connectivity index (χ4v) is 4.20. The van der Waals surface area contributed by atoms with E-state index < -0.39 is 0 Å². The van der Waals surface area contributed by atoms with Gasteiger partial charge in [-0.15, -0.1) is 0 Å². The Bertz CT molecular complexity index is 738. The van der Waals surface area contributed by atoms with Crippen molar-refractivity contribution in [2.24, 2.45) is 5.92 Å². The second-order valence-corrected chi connectivity index (χ2v) is 7.28. The average Bonchev–Trinajstić information content (AvgIpc) is 3.34. The third-order valence-corrected chi connectivity index (χ3v) is 5.55. The molecule has 0 spiro atoms. The predicted octanol–water partition coefficient (Wildman–Crippen LogP) is 2.56. The molecule has 2 fully saturated rings. The van der Waals surface area contributed by atoms with Crippen LogP contribution in [0.25, 0.3) is 5.65 Å². The predicted molar refractivity (Wildman–Crippen MR) is 93.5 cm³/mol. The minimum absolute atomic E-state index is 0.566. The van der Waals surface area contributed by atoms with Gasteiger partial charge in [-0.3, -0.25) is 0 Å². The van der Waals surface area contributed by atoms with E-state index in [1.54, 1.807) is 0 Å². The Labute approximate surface area is 143 Å². The summed E-state index contributed by atoms with van der Waals surface area (Å²) < 4.78 is 2.02. The maximum Gasteiger partial charge on any atom is 0.137 e. The van der Waals surface area contributed by atoms with E-state index in [1.165, 1.54) is 45.2 Å². The molecule has 2 aromatic rings. The third-order valence-electron chi connectivity index (χ3n) is 5.55. The highest BCUT2D eigenvalue weighted by Gasteiger charge is 2.25. The molecule has 2 aliphatic rings. The number of nitrogens with zero attached hydrogens (tertiary/aromatic N) is 4. The van der Waals surface area contributed by atoms with E-state index in [-0.39, 0.29) is 0 Å². The molecule has 2 aromatic heterocycles. The fourth-order valence-electron chi connectivity index (χ4n) is 4.20. The molecule has 4 rings (SSSR count). The quantitative estimate of drug-likeness (QED) is 0.919. The zero-order valence-corrected chi connectivity index (χ0v) is 14.1. The molecule has 0 unspecified atom stereocenters. The molecule has 5 heteroatoms. The van der Waals surface area contributed by atoms with Crippen LogP contribution in [0.3, 0.4) is 0 Å². The van der Waals surface area contributed by atoms with Crippen molar-refractivity contribution in [3.63, 3.8) is 0 Å². The first kappa shape index (κ1) is 15.6. The van der Waals surface area contributed by atoms with Gasteiger partial charge in [-0.05, 0) is 43.9 Å². The van der Waals surface area contributed by atoms with Crippen molar-refractivity contribution in [1.29, 1.82) is 5.26 Å². The van der Waals surface area contributed by atoms with Crippen molar-refractivity contribution in [3.8, 4) is 6.07 Å². The van der Waals surface area contributed by atoms with Crippen LogP contribution in [-0.2, 0) is 6.54 Å². The van der Waals surface area contributed by atoms with E-state index in [1.807, 2.05) is 28.9 Å². The highest BCUT2D eigenvalue weighted by molar-refractivity contribution is 5.44. The molecule has 126 valence electrons. The zero-order chi connectivity index (χ0) is 16.4. The molecule has 0 aromatic carbocycles. The Morgan fingerprint density at radius 3 is 2.96 bits per heavy atom. The Hall–Kier alpha value is -1.90. The van der Waals surface area contributed by atoms with Crippen molar-refractivity contribution < 1.29 is 0 Å². The van der Waals surface area contributed by atoms with Gasteiger partial charge < -0.3 is 14.6 Å². The maximum atomic E-state index is 9.07. The first-order valence-corrected chi connectivity index (χ1v) is 9.13. The van der Waals surface area contributed by atoms with E-state index in [2.05, 4.69) is 21.3 Å². The molecule has 5 nitrogen and oxygen atoms in total. The van der Waals surface area contributed by atoms with Gasteiger partial charge in [-0.2, -0.15) is 5.26 Å².